The molecule has 0 aliphatic heterocycles. The van der Waals surface area contributed by atoms with Gasteiger partial charge in [-0.1, -0.05) is 30.1 Å². The number of halogens is 2. The van der Waals surface area contributed by atoms with Crippen LogP contribution in [0.5, 0.6) is 0 Å². The van der Waals surface area contributed by atoms with Gasteiger partial charge in [0.05, 0.1) is 6.42 Å². The number of nitrogens with one attached hydrogen (secondary N) is 1. The number of Topliss-reactive ketones (excluding diaryl/α,β-unsaturated/α-hetero) is 1. The van der Waals surface area contributed by atoms with Crippen molar-refractivity contribution in [1.82, 2.24) is 0 Å². The van der Waals surface area contributed by atoms with Crippen LogP contribution in [-0.4, -0.2) is 35.7 Å². The molecule has 0 spiro atoms. The molecule has 1 N–H and O–H groups in total. The van der Waals surface area contributed by atoms with E-state index in [2.05, 4.69) is 5.32 Å². The first-order chi connectivity index (χ1) is 12.7. The van der Waals surface area contributed by atoms with Gasteiger partial charge in [-0.25, -0.2) is 0 Å². The van der Waals surface area contributed by atoms with Gasteiger partial charge >= 0.3 is 5.97 Å². The molecule has 1 aliphatic carbocycles. The molecule has 3 atom stereocenters. The smallest absolute Gasteiger partial charge is 0.307 e. The predicted molar refractivity (Wildman–Crippen MR) is 98.3 cm³/mol. The number of nitro groups is 1. The number of hydrogen-bond donors (Lipinski definition) is 1. The van der Waals surface area contributed by atoms with Crippen molar-refractivity contribution >= 4 is 46.5 Å². The van der Waals surface area contributed by atoms with Gasteiger partial charge in [0.2, 0.25) is 6.54 Å². The Hall–Kier alpha value is -2.19. The molecule has 27 heavy (non-hydrogen) atoms. The maximum absolute atomic E-state index is 12.0. The van der Waals surface area contributed by atoms with Crippen molar-refractivity contribution < 1.29 is 24.0 Å². The van der Waals surface area contributed by atoms with Gasteiger partial charge in [-0.2, -0.15) is 0 Å². The highest BCUT2D eigenvalue weighted by Gasteiger charge is 2.44. The highest BCUT2D eigenvalue weighted by Crippen LogP contribution is 2.36. The van der Waals surface area contributed by atoms with Crippen LogP contribution in [-0.2, 0) is 19.1 Å². The van der Waals surface area contributed by atoms with Crippen LogP contribution in [0.2, 0.25) is 10.0 Å². The van der Waals surface area contributed by atoms with E-state index in [0.29, 0.717) is 15.7 Å². The summed E-state index contributed by atoms with van der Waals surface area (Å²) in [5.74, 6) is -2.99. The van der Waals surface area contributed by atoms with Crippen LogP contribution >= 0.6 is 23.2 Å². The third-order valence-corrected chi connectivity index (χ3v) is 4.88. The summed E-state index contributed by atoms with van der Waals surface area (Å²) in [6.07, 6.45) is -0.0789. The summed E-state index contributed by atoms with van der Waals surface area (Å²) in [6.45, 7) is 0.821. The molecular formula is C17H18Cl2N2O6. The van der Waals surface area contributed by atoms with Crippen LogP contribution in [0.4, 0.5) is 5.69 Å². The van der Waals surface area contributed by atoms with Crippen molar-refractivity contribution in [2.24, 2.45) is 17.8 Å². The van der Waals surface area contributed by atoms with Crippen LogP contribution < -0.4 is 5.32 Å². The van der Waals surface area contributed by atoms with E-state index in [0.717, 1.165) is 0 Å². The number of anilines is 1. The number of esters is 1. The van der Waals surface area contributed by atoms with Crippen LogP contribution in [0.3, 0.4) is 0 Å². The fourth-order valence-electron chi connectivity index (χ4n) is 3.21. The van der Waals surface area contributed by atoms with E-state index in [1.807, 2.05) is 0 Å². The van der Waals surface area contributed by atoms with E-state index in [9.17, 15) is 24.5 Å². The Balaban J connectivity index is 1.86. The quantitative estimate of drug-likeness (QED) is 0.414. The lowest BCUT2D eigenvalue weighted by Gasteiger charge is -2.17. The van der Waals surface area contributed by atoms with Crippen LogP contribution in [0, 0.1) is 27.9 Å². The molecule has 0 radical (unpaired) electrons. The van der Waals surface area contributed by atoms with Gasteiger partial charge in [-0.3, -0.25) is 24.5 Å². The van der Waals surface area contributed by atoms with Gasteiger partial charge in [0.1, 0.15) is 5.78 Å². The Morgan fingerprint density at radius 3 is 2.52 bits per heavy atom. The first kappa shape index (κ1) is 21.1. The van der Waals surface area contributed by atoms with Gasteiger partial charge in [0.15, 0.2) is 6.61 Å². The number of ketones is 1. The van der Waals surface area contributed by atoms with Crippen molar-refractivity contribution in [3.63, 3.8) is 0 Å². The highest BCUT2D eigenvalue weighted by atomic mass is 35.5. The number of amides is 1. The predicted octanol–water partition coefficient (Wildman–Crippen LogP) is 2.98. The molecular weight excluding hydrogens is 399 g/mol. The average molecular weight is 417 g/mol. The molecule has 0 heterocycles. The maximum atomic E-state index is 12.0. The lowest BCUT2D eigenvalue weighted by molar-refractivity contribution is -0.490. The van der Waals surface area contributed by atoms with Crippen LogP contribution in [0.1, 0.15) is 19.8 Å². The first-order valence-electron chi connectivity index (χ1n) is 8.21. The zero-order valence-electron chi connectivity index (χ0n) is 14.4. The number of ether oxygens (including phenoxy) is 1. The molecule has 10 heteroatoms. The summed E-state index contributed by atoms with van der Waals surface area (Å²) in [7, 11) is 0. The third kappa shape index (κ3) is 6.18. The number of rotatable bonds is 7. The van der Waals surface area contributed by atoms with Crippen molar-refractivity contribution in [3.05, 3.63) is 38.4 Å². The van der Waals surface area contributed by atoms with E-state index in [1.165, 1.54) is 18.2 Å². The summed E-state index contributed by atoms with van der Waals surface area (Å²) in [5.41, 5.74) is 0.347. The molecule has 1 aromatic rings. The number of benzene rings is 1. The third-order valence-electron chi connectivity index (χ3n) is 4.44. The summed E-state index contributed by atoms with van der Waals surface area (Å²) in [5, 5.41) is 13.9. The molecule has 1 aromatic carbocycles. The highest BCUT2D eigenvalue weighted by molar-refractivity contribution is 6.35. The van der Waals surface area contributed by atoms with Gasteiger partial charge in [0.25, 0.3) is 5.91 Å². The molecule has 1 aliphatic rings. The lowest BCUT2D eigenvalue weighted by atomic mass is 9.88. The van der Waals surface area contributed by atoms with E-state index >= 15 is 0 Å². The van der Waals surface area contributed by atoms with Gasteiger partial charge in [-0.05, 0) is 24.1 Å². The molecule has 8 nitrogen and oxygen atoms in total. The summed E-state index contributed by atoms with van der Waals surface area (Å²) >= 11 is 11.7. The zero-order valence-corrected chi connectivity index (χ0v) is 16.0. The van der Waals surface area contributed by atoms with Gasteiger partial charge < -0.3 is 10.1 Å². The monoisotopic (exact) mass is 416 g/mol. The van der Waals surface area contributed by atoms with E-state index in [-0.39, 0.29) is 31.1 Å². The average Bonchev–Trinajstić information content (AvgIpc) is 2.78. The topological polar surface area (TPSA) is 116 Å². The minimum atomic E-state index is -0.757. The minimum absolute atomic E-state index is 0.170. The second-order valence-electron chi connectivity index (χ2n) is 6.50. The molecule has 1 fully saturated rings. The summed E-state index contributed by atoms with van der Waals surface area (Å²) in [6, 6.07) is 4.46. The Labute approximate surface area is 165 Å². The fourth-order valence-corrected chi connectivity index (χ4v) is 3.73. The van der Waals surface area contributed by atoms with Crippen molar-refractivity contribution in [2.45, 2.75) is 19.8 Å². The van der Waals surface area contributed by atoms with Crippen molar-refractivity contribution in [2.75, 3.05) is 18.5 Å². The summed E-state index contributed by atoms with van der Waals surface area (Å²) in [4.78, 5) is 46.2. The van der Waals surface area contributed by atoms with Crippen molar-refractivity contribution in [3.8, 4) is 0 Å². The zero-order chi connectivity index (χ0) is 20.1. The van der Waals surface area contributed by atoms with Gasteiger partial charge in [-0.15, -0.1) is 0 Å². The Bertz CT molecular complexity index is 750. The Morgan fingerprint density at radius 1 is 1.30 bits per heavy atom. The number of carbonyl (C=O) groups excluding carboxylic acids is 3. The second kappa shape index (κ2) is 9.14. The maximum Gasteiger partial charge on any atom is 0.307 e. The SMILES string of the molecule is C[C@H]1CC(=O)[C@@H](CC(=O)OCC(=O)Nc2cc(Cl)cc(Cl)c2)[C@@H]1C[N+](=O)[O-]. The van der Waals surface area contributed by atoms with Crippen LogP contribution in [0.15, 0.2) is 18.2 Å². The molecule has 0 saturated heterocycles. The fraction of sp³-hybridized carbons (Fsp3) is 0.471. The number of carbonyl (C=O) groups is 3. The Kier molecular flexibility index (Phi) is 7.15. The lowest BCUT2D eigenvalue weighted by Crippen LogP contribution is -2.28. The molecule has 1 saturated carbocycles. The number of nitrogens with zero attached hydrogens (tertiary/aromatic N) is 1. The van der Waals surface area contributed by atoms with Gasteiger partial charge in [0, 0.05) is 38.9 Å². The Morgan fingerprint density at radius 2 is 1.93 bits per heavy atom. The van der Waals surface area contributed by atoms with E-state index < -0.39 is 35.2 Å². The molecule has 0 unspecified atom stereocenters. The summed E-state index contributed by atoms with van der Waals surface area (Å²) < 4.78 is 4.90. The second-order valence-corrected chi connectivity index (χ2v) is 7.38. The molecule has 0 bridgehead atoms. The normalized spacial score (nSPS) is 21.7. The molecule has 146 valence electrons. The van der Waals surface area contributed by atoms with Crippen molar-refractivity contribution in [1.29, 1.82) is 0 Å². The minimum Gasteiger partial charge on any atom is -0.456 e. The molecule has 0 aromatic heterocycles. The van der Waals surface area contributed by atoms with E-state index in [4.69, 9.17) is 27.9 Å². The standard InChI is InChI=1S/C17H18Cl2N2O6/c1-9-2-15(22)13(14(9)7-21(25)26)6-17(24)27-8-16(23)20-12-4-10(18)3-11(19)5-12/h3-5,9,13-14H,2,6-8H2,1H3,(H,20,23)/t9-,13-,14+/m0/s1. The van der Waals surface area contributed by atoms with E-state index in [1.54, 1.807) is 6.92 Å². The largest absolute Gasteiger partial charge is 0.456 e. The molecule has 1 amide bonds. The van der Waals surface area contributed by atoms with Crippen LogP contribution in [0.25, 0.3) is 0 Å². The first-order valence-corrected chi connectivity index (χ1v) is 8.97. The number of hydrogen-bond acceptors (Lipinski definition) is 6. The molecule has 2 rings (SSSR count).